The normalized spacial score (nSPS) is 12.2. The molecule has 0 bridgehead atoms. The molecule has 1 N–H and O–H groups in total. The Bertz CT molecular complexity index is 778. The number of carbonyl (C=O) groups is 2. The van der Waals surface area contributed by atoms with Crippen molar-refractivity contribution < 1.29 is 9.59 Å². The fourth-order valence-electron chi connectivity index (χ4n) is 2.59. The molecule has 2 heterocycles. The Hall–Kier alpha value is -2.09. The summed E-state index contributed by atoms with van der Waals surface area (Å²) in [4.78, 5) is 34.9. The molecule has 10 heteroatoms. The SMILES string of the molecule is C=CCNC(=O)C(N(CCCn1ccnc1)C(=O)c1ccncc1)C(Cl)(Cl)Cl. The van der Waals surface area contributed by atoms with E-state index in [4.69, 9.17) is 34.8 Å². The monoisotopic (exact) mass is 443 g/mol. The third-order valence-electron chi connectivity index (χ3n) is 3.85. The average Bonchev–Trinajstić information content (AvgIpc) is 3.18. The van der Waals surface area contributed by atoms with Gasteiger partial charge in [-0.3, -0.25) is 14.6 Å². The molecule has 0 radical (unpaired) electrons. The maximum absolute atomic E-state index is 13.1. The number of nitrogens with zero attached hydrogens (tertiary/aromatic N) is 4. The van der Waals surface area contributed by atoms with Gasteiger partial charge in [-0.25, -0.2) is 4.98 Å². The van der Waals surface area contributed by atoms with E-state index >= 15 is 0 Å². The van der Waals surface area contributed by atoms with Crippen molar-refractivity contribution in [3.05, 3.63) is 61.5 Å². The predicted molar refractivity (Wildman–Crippen MR) is 109 cm³/mol. The van der Waals surface area contributed by atoms with Crippen molar-refractivity contribution in [1.82, 2.24) is 24.8 Å². The number of rotatable bonds is 9. The van der Waals surface area contributed by atoms with Crippen LogP contribution in [0.3, 0.4) is 0 Å². The summed E-state index contributed by atoms with van der Waals surface area (Å²) in [6.07, 6.45) is 10.1. The fraction of sp³-hybridized carbons (Fsp3) is 0.333. The zero-order valence-electron chi connectivity index (χ0n) is 15.0. The summed E-state index contributed by atoms with van der Waals surface area (Å²) in [6, 6.07) is 1.77. The third-order valence-corrected chi connectivity index (χ3v) is 4.47. The number of hydrogen-bond acceptors (Lipinski definition) is 4. The molecule has 0 aromatic carbocycles. The Morgan fingerprint density at radius 1 is 1.25 bits per heavy atom. The first-order valence-electron chi connectivity index (χ1n) is 8.46. The van der Waals surface area contributed by atoms with Crippen molar-refractivity contribution in [3.8, 4) is 0 Å². The van der Waals surface area contributed by atoms with Gasteiger partial charge in [0, 0.05) is 50.0 Å². The first-order chi connectivity index (χ1) is 13.3. The van der Waals surface area contributed by atoms with Crippen LogP contribution < -0.4 is 5.32 Å². The van der Waals surface area contributed by atoms with E-state index in [9.17, 15) is 9.59 Å². The lowest BCUT2D eigenvalue weighted by Crippen LogP contribution is -2.56. The minimum atomic E-state index is -2.02. The van der Waals surface area contributed by atoms with Gasteiger partial charge in [0.15, 0.2) is 6.04 Å². The van der Waals surface area contributed by atoms with Crippen LogP contribution in [0, 0.1) is 0 Å². The minimum absolute atomic E-state index is 0.183. The van der Waals surface area contributed by atoms with Gasteiger partial charge in [0.25, 0.3) is 5.91 Å². The molecule has 7 nitrogen and oxygen atoms in total. The van der Waals surface area contributed by atoms with Crippen LogP contribution in [0.2, 0.25) is 0 Å². The first kappa shape index (κ1) is 22.2. The standard InChI is InChI=1S/C18H20Cl3N5O2/c1-2-6-24-16(27)15(18(19,20)21)26(11-3-10-25-12-9-23-13-25)17(28)14-4-7-22-8-5-14/h2,4-5,7-9,12-13,15H,1,3,6,10-11H2,(H,24,27). The lowest BCUT2D eigenvalue weighted by atomic mass is 10.1. The number of halogens is 3. The summed E-state index contributed by atoms with van der Waals surface area (Å²) in [5.74, 6) is -1.01. The van der Waals surface area contributed by atoms with Crippen LogP contribution in [0.4, 0.5) is 0 Å². The Morgan fingerprint density at radius 2 is 1.96 bits per heavy atom. The van der Waals surface area contributed by atoms with Crippen LogP contribution >= 0.6 is 34.8 Å². The highest BCUT2D eigenvalue weighted by atomic mass is 35.6. The second-order valence-electron chi connectivity index (χ2n) is 5.87. The van der Waals surface area contributed by atoms with E-state index in [1.54, 1.807) is 30.9 Å². The maximum atomic E-state index is 13.1. The minimum Gasteiger partial charge on any atom is -0.351 e. The van der Waals surface area contributed by atoms with Gasteiger partial charge in [-0.15, -0.1) is 6.58 Å². The van der Waals surface area contributed by atoms with Gasteiger partial charge in [0.1, 0.15) is 0 Å². The molecule has 0 saturated carbocycles. The smallest absolute Gasteiger partial charge is 0.254 e. The molecule has 2 rings (SSSR count). The zero-order chi connectivity index (χ0) is 20.6. The molecule has 0 aliphatic heterocycles. The summed E-state index contributed by atoms with van der Waals surface area (Å²) in [6.45, 7) is 4.51. The molecular formula is C18H20Cl3N5O2. The summed E-state index contributed by atoms with van der Waals surface area (Å²) < 4.78 is -0.166. The van der Waals surface area contributed by atoms with Gasteiger partial charge >= 0.3 is 0 Å². The van der Waals surface area contributed by atoms with Crippen molar-refractivity contribution in [2.45, 2.75) is 22.8 Å². The Labute approximate surface area is 178 Å². The first-order valence-corrected chi connectivity index (χ1v) is 9.60. The molecule has 0 fully saturated rings. The Morgan fingerprint density at radius 3 is 2.54 bits per heavy atom. The number of imidazole rings is 1. The molecule has 28 heavy (non-hydrogen) atoms. The second-order valence-corrected chi connectivity index (χ2v) is 8.24. The van der Waals surface area contributed by atoms with E-state index in [1.165, 1.54) is 23.4 Å². The highest BCUT2D eigenvalue weighted by Gasteiger charge is 2.44. The molecule has 2 amide bonds. The van der Waals surface area contributed by atoms with Crippen molar-refractivity contribution in [1.29, 1.82) is 0 Å². The van der Waals surface area contributed by atoms with Crippen LogP contribution in [0.15, 0.2) is 55.9 Å². The lowest BCUT2D eigenvalue weighted by molar-refractivity contribution is -0.125. The van der Waals surface area contributed by atoms with E-state index in [1.807, 2.05) is 4.57 Å². The van der Waals surface area contributed by atoms with Gasteiger partial charge in [-0.05, 0) is 18.6 Å². The molecule has 1 unspecified atom stereocenters. The molecule has 2 aromatic heterocycles. The summed E-state index contributed by atoms with van der Waals surface area (Å²) in [5.41, 5.74) is 0.341. The number of amides is 2. The molecular weight excluding hydrogens is 425 g/mol. The van der Waals surface area contributed by atoms with Gasteiger partial charge in [0.2, 0.25) is 9.70 Å². The van der Waals surface area contributed by atoms with Crippen LogP contribution in [-0.2, 0) is 11.3 Å². The summed E-state index contributed by atoms with van der Waals surface area (Å²) in [5, 5.41) is 2.60. The van der Waals surface area contributed by atoms with Crippen LogP contribution in [0.1, 0.15) is 16.8 Å². The van der Waals surface area contributed by atoms with E-state index in [-0.39, 0.29) is 13.1 Å². The summed E-state index contributed by atoms with van der Waals surface area (Å²) >= 11 is 18.3. The number of pyridine rings is 1. The molecule has 1 atom stereocenters. The molecule has 0 saturated heterocycles. The molecule has 0 aliphatic rings. The molecule has 0 spiro atoms. The largest absolute Gasteiger partial charge is 0.351 e. The topological polar surface area (TPSA) is 80.1 Å². The molecule has 2 aromatic rings. The molecule has 150 valence electrons. The maximum Gasteiger partial charge on any atom is 0.254 e. The number of carbonyl (C=O) groups excluding carboxylic acids is 2. The third kappa shape index (κ3) is 6.22. The number of alkyl halides is 3. The zero-order valence-corrected chi connectivity index (χ0v) is 17.2. The van der Waals surface area contributed by atoms with E-state index in [0.717, 1.165) is 0 Å². The van der Waals surface area contributed by atoms with E-state index in [0.29, 0.717) is 18.5 Å². The Kier molecular flexibility index (Phi) is 8.29. The van der Waals surface area contributed by atoms with Gasteiger partial charge in [-0.1, -0.05) is 40.9 Å². The van der Waals surface area contributed by atoms with E-state index in [2.05, 4.69) is 21.9 Å². The number of aromatic nitrogens is 3. The highest BCUT2D eigenvalue weighted by molar-refractivity contribution is 6.69. The summed E-state index contributed by atoms with van der Waals surface area (Å²) in [7, 11) is 0. The average molecular weight is 445 g/mol. The van der Waals surface area contributed by atoms with Crippen molar-refractivity contribution in [3.63, 3.8) is 0 Å². The van der Waals surface area contributed by atoms with Gasteiger partial charge in [-0.2, -0.15) is 0 Å². The number of hydrogen-bond donors (Lipinski definition) is 1. The van der Waals surface area contributed by atoms with Gasteiger partial charge < -0.3 is 14.8 Å². The van der Waals surface area contributed by atoms with Crippen LogP contribution in [0.5, 0.6) is 0 Å². The van der Waals surface area contributed by atoms with Gasteiger partial charge in [0.05, 0.1) is 6.33 Å². The predicted octanol–water partition coefficient (Wildman–Crippen LogP) is 2.85. The second kappa shape index (κ2) is 10.5. The van der Waals surface area contributed by atoms with Crippen LogP contribution in [-0.4, -0.2) is 54.2 Å². The lowest BCUT2D eigenvalue weighted by Gasteiger charge is -2.35. The van der Waals surface area contributed by atoms with Crippen LogP contribution in [0.25, 0.3) is 0 Å². The van der Waals surface area contributed by atoms with Crippen molar-refractivity contribution in [2.24, 2.45) is 0 Å². The quantitative estimate of drug-likeness (QED) is 0.476. The number of nitrogens with one attached hydrogen (secondary N) is 1. The number of aryl methyl sites for hydroxylation is 1. The van der Waals surface area contributed by atoms with Crippen molar-refractivity contribution >= 4 is 46.6 Å². The fourth-order valence-corrected chi connectivity index (χ4v) is 3.24. The Balaban J connectivity index is 2.28. The van der Waals surface area contributed by atoms with E-state index < -0.39 is 21.6 Å². The molecule has 0 aliphatic carbocycles. The van der Waals surface area contributed by atoms with Crippen molar-refractivity contribution in [2.75, 3.05) is 13.1 Å². The highest BCUT2D eigenvalue weighted by Crippen LogP contribution is 2.34.